The van der Waals surface area contributed by atoms with Crippen LogP contribution in [0.4, 0.5) is 0 Å². The summed E-state index contributed by atoms with van der Waals surface area (Å²) in [4.78, 5) is 20.1. The quantitative estimate of drug-likeness (QED) is 0.697. The number of hydrogen-bond donors (Lipinski definition) is 1. The molecule has 0 bridgehead atoms. The molecular formula is C21H19N3O2S. The van der Waals surface area contributed by atoms with Gasteiger partial charge >= 0.3 is 0 Å². The number of benzene rings is 2. The molecule has 1 fully saturated rings. The molecule has 1 N–H and O–H groups in total. The summed E-state index contributed by atoms with van der Waals surface area (Å²) in [6.07, 6.45) is 0.662. The van der Waals surface area contributed by atoms with E-state index in [-0.39, 0.29) is 18.0 Å². The maximum Gasteiger partial charge on any atom is 0.251 e. The van der Waals surface area contributed by atoms with Crippen LogP contribution in [-0.2, 0) is 11.2 Å². The minimum Gasteiger partial charge on any atom is -0.497 e. The van der Waals surface area contributed by atoms with E-state index in [1.54, 1.807) is 19.1 Å². The van der Waals surface area contributed by atoms with E-state index in [0.717, 1.165) is 22.5 Å². The van der Waals surface area contributed by atoms with Crippen LogP contribution in [0, 0.1) is 0 Å². The number of likely N-dealkylation sites (N-methyl/N-ethyl adjacent to an activating group) is 1. The fourth-order valence-electron chi connectivity index (χ4n) is 4.34. The van der Waals surface area contributed by atoms with E-state index in [4.69, 9.17) is 17.0 Å². The minimum atomic E-state index is -0.263. The first-order chi connectivity index (χ1) is 13.1. The number of thiocarbonyl (C=S) groups is 1. The Morgan fingerprint density at radius 3 is 2.63 bits per heavy atom. The number of carbonyl (C=O) groups excluding carboxylic acids is 1. The highest BCUT2D eigenvalue weighted by atomic mass is 32.1. The van der Waals surface area contributed by atoms with Crippen molar-refractivity contribution in [2.24, 2.45) is 0 Å². The fraction of sp³-hybridized carbons (Fsp3) is 0.238. The molecule has 3 heterocycles. The molecule has 0 spiro atoms. The first-order valence-corrected chi connectivity index (χ1v) is 9.34. The number of nitrogens with zero attached hydrogens (tertiary/aromatic N) is 2. The molecule has 3 aromatic rings. The molecule has 0 radical (unpaired) electrons. The highest BCUT2D eigenvalue weighted by molar-refractivity contribution is 7.80. The highest BCUT2D eigenvalue weighted by Crippen LogP contribution is 2.43. The van der Waals surface area contributed by atoms with E-state index in [1.165, 1.54) is 10.9 Å². The van der Waals surface area contributed by atoms with Crippen molar-refractivity contribution in [1.82, 2.24) is 14.8 Å². The van der Waals surface area contributed by atoms with Gasteiger partial charge in [-0.25, -0.2) is 0 Å². The number of nitrogens with one attached hydrogen (secondary N) is 1. The largest absolute Gasteiger partial charge is 0.497 e. The van der Waals surface area contributed by atoms with Crippen molar-refractivity contribution in [2.45, 2.75) is 18.5 Å². The van der Waals surface area contributed by atoms with Gasteiger partial charge in [0.05, 0.1) is 13.2 Å². The van der Waals surface area contributed by atoms with E-state index >= 15 is 0 Å². The third kappa shape index (κ3) is 2.23. The Kier molecular flexibility index (Phi) is 3.52. The number of hydrogen-bond acceptors (Lipinski definition) is 3. The normalized spacial score (nSPS) is 21.6. The second kappa shape index (κ2) is 5.82. The van der Waals surface area contributed by atoms with Gasteiger partial charge in [0.1, 0.15) is 11.8 Å². The Balaban J connectivity index is 1.74. The molecule has 1 saturated heterocycles. The van der Waals surface area contributed by atoms with Crippen LogP contribution in [0.5, 0.6) is 5.75 Å². The third-order valence-corrected chi connectivity index (χ3v) is 6.17. The molecule has 27 heavy (non-hydrogen) atoms. The molecule has 2 atom stereocenters. The Labute approximate surface area is 162 Å². The topological polar surface area (TPSA) is 48.6 Å². The van der Waals surface area contributed by atoms with Crippen LogP contribution in [0.2, 0.25) is 0 Å². The summed E-state index contributed by atoms with van der Waals surface area (Å²) in [7, 11) is 3.42. The van der Waals surface area contributed by atoms with Gasteiger partial charge in [-0.3, -0.25) is 9.69 Å². The predicted octanol–water partition coefficient (Wildman–Crippen LogP) is 3.25. The number of para-hydroxylation sites is 1. The zero-order chi connectivity index (χ0) is 18.7. The van der Waals surface area contributed by atoms with Crippen molar-refractivity contribution in [3.05, 3.63) is 65.4 Å². The second-order valence-electron chi connectivity index (χ2n) is 7.05. The SMILES string of the molecule is COc1ccc([C@H]2c3[nH]c4ccccc4c3C[C@H]3C(=O)N(C)C(=S)N23)cc1. The van der Waals surface area contributed by atoms with Crippen LogP contribution in [-0.4, -0.2) is 46.0 Å². The summed E-state index contributed by atoms with van der Waals surface area (Å²) >= 11 is 5.64. The first-order valence-electron chi connectivity index (χ1n) is 8.93. The lowest BCUT2D eigenvalue weighted by Gasteiger charge is -2.37. The van der Waals surface area contributed by atoms with Crippen molar-refractivity contribution >= 4 is 34.1 Å². The Bertz CT molecular complexity index is 1070. The van der Waals surface area contributed by atoms with E-state index in [9.17, 15) is 4.79 Å². The van der Waals surface area contributed by atoms with Gasteiger partial charge in [0.2, 0.25) is 0 Å². The molecule has 1 amide bonds. The lowest BCUT2D eigenvalue weighted by Crippen LogP contribution is -2.44. The van der Waals surface area contributed by atoms with Gasteiger partial charge in [-0.2, -0.15) is 0 Å². The number of fused-ring (bicyclic) bond motifs is 4. The van der Waals surface area contributed by atoms with E-state index in [1.807, 2.05) is 36.4 Å². The molecule has 6 heteroatoms. The molecular weight excluding hydrogens is 358 g/mol. The van der Waals surface area contributed by atoms with Crippen LogP contribution < -0.4 is 4.74 Å². The minimum absolute atomic E-state index is 0.0643. The first kappa shape index (κ1) is 16.3. The summed E-state index contributed by atoms with van der Waals surface area (Å²) in [5.74, 6) is 0.870. The zero-order valence-electron chi connectivity index (χ0n) is 15.1. The average Bonchev–Trinajstić information content (AvgIpc) is 3.18. The highest BCUT2D eigenvalue weighted by Gasteiger charge is 2.49. The molecule has 0 unspecified atom stereocenters. The Morgan fingerprint density at radius 1 is 1.15 bits per heavy atom. The van der Waals surface area contributed by atoms with Crippen molar-refractivity contribution in [1.29, 1.82) is 0 Å². The van der Waals surface area contributed by atoms with Crippen molar-refractivity contribution in [2.75, 3.05) is 14.2 Å². The monoisotopic (exact) mass is 377 g/mol. The fourth-order valence-corrected chi connectivity index (χ4v) is 4.66. The summed E-state index contributed by atoms with van der Waals surface area (Å²) < 4.78 is 5.31. The third-order valence-electron chi connectivity index (χ3n) is 5.69. The number of amides is 1. The lowest BCUT2D eigenvalue weighted by molar-refractivity contribution is -0.127. The number of H-pyrrole nitrogens is 1. The number of carbonyl (C=O) groups is 1. The van der Waals surface area contributed by atoms with Gasteiger partial charge in [0, 0.05) is 30.1 Å². The molecule has 0 saturated carbocycles. The molecule has 2 aliphatic heterocycles. The van der Waals surface area contributed by atoms with Crippen LogP contribution in [0.3, 0.4) is 0 Å². The Hall–Kier alpha value is -2.86. The van der Waals surface area contributed by atoms with Crippen LogP contribution in [0.1, 0.15) is 22.9 Å². The van der Waals surface area contributed by atoms with Crippen LogP contribution >= 0.6 is 12.2 Å². The second-order valence-corrected chi connectivity index (χ2v) is 7.41. The molecule has 2 aromatic carbocycles. The summed E-state index contributed by atoms with van der Waals surface area (Å²) in [6, 6.07) is 15.9. The summed E-state index contributed by atoms with van der Waals surface area (Å²) in [6.45, 7) is 0. The maximum atomic E-state index is 12.9. The number of methoxy groups -OCH3 is 1. The van der Waals surface area contributed by atoms with Gasteiger partial charge in [-0.1, -0.05) is 30.3 Å². The molecule has 2 aliphatic rings. The molecule has 5 rings (SSSR count). The van der Waals surface area contributed by atoms with Crippen LogP contribution in [0.15, 0.2) is 48.5 Å². The van der Waals surface area contributed by atoms with Gasteiger partial charge < -0.3 is 14.6 Å². The van der Waals surface area contributed by atoms with E-state index in [0.29, 0.717) is 11.5 Å². The van der Waals surface area contributed by atoms with Gasteiger partial charge in [0.25, 0.3) is 5.91 Å². The number of aromatic nitrogens is 1. The molecule has 136 valence electrons. The standard InChI is InChI=1S/C21H19N3O2S/c1-23-20(25)17-11-15-14-5-3-4-6-16(14)22-18(15)19(24(17)21(23)27)12-7-9-13(26-2)10-8-12/h3-10,17,19,22H,11H2,1-2H3/t17-,19-/m0/s1. The maximum absolute atomic E-state index is 12.9. The van der Waals surface area contributed by atoms with Crippen molar-refractivity contribution in [3.8, 4) is 5.75 Å². The van der Waals surface area contributed by atoms with Gasteiger partial charge in [0.15, 0.2) is 5.11 Å². The molecule has 0 aliphatic carbocycles. The smallest absolute Gasteiger partial charge is 0.251 e. The van der Waals surface area contributed by atoms with E-state index < -0.39 is 0 Å². The summed E-state index contributed by atoms with van der Waals surface area (Å²) in [5, 5.41) is 1.76. The number of ether oxygens (including phenoxy) is 1. The van der Waals surface area contributed by atoms with E-state index in [2.05, 4.69) is 22.0 Å². The number of aromatic amines is 1. The van der Waals surface area contributed by atoms with Crippen molar-refractivity contribution < 1.29 is 9.53 Å². The van der Waals surface area contributed by atoms with Gasteiger partial charge in [-0.05, 0) is 41.5 Å². The molecule has 5 nitrogen and oxygen atoms in total. The van der Waals surface area contributed by atoms with Crippen molar-refractivity contribution in [3.63, 3.8) is 0 Å². The summed E-state index contributed by atoms with van der Waals surface area (Å²) in [5.41, 5.74) is 4.50. The lowest BCUT2D eigenvalue weighted by atomic mass is 9.89. The van der Waals surface area contributed by atoms with Gasteiger partial charge in [-0.15, -0.1) is 0 Å². The van der Waals surface area contributed by atoms with Crippen LogP contribution in [0.25, 0.3) is 10.9 Å². The predicted molar refractivity (Wildman–Crippen MR) is 108 cm³/mol. The zero-order valence-corrected chi connectivity index (χ0v) is 15.9. The Morgan fingerprint density at radius 2 is 1.89 bits per heavy atom. The molecule has 1 aromatic heterocycles. The average molecular weight is 377 g/mol. The number of rotatable bonds is 2.